The zero-order valence-electron chi connectivity index (χ0n) is 24.5. The molecule has 3 aromatic rings. The number of amides is 2. The topological polar surface area (TPSA) is 96.9 Å². The van der Waals surface area contributed by atoms with Crippen molar-refractivity contribution in [3.05, 3.63) is 59.9 Å². The van der Waals surface area contributed by atoms with E-state index in [4.69, 9.17) is 15.5 Å². The Kier molecular flexibility index (Phi) is 9.57. The minimum Gasteiger partial charge on any atom is -0.385 e. The molecule has 0 radical (unpaired) electrons. The highest BCUT2D eigenvalue weighted by Gasteiger charge is 2.29. The number of rotatable bonds is 10. The minimum atomic E-state index is -0.230. The van der Waals surface area contributed by atoms with Crippen LogP contribution in [-0.2, 0) is 27.3 Å². The number of carbonyl (C=O) groups excluding carboxylic acids is 2. The molecular weight excluding hydrogens is 516 g/mol. The monoisotopic (exact) mass is 560 g/mol. The molecule has 41 heavy (non-hydrogen) atoms. The number of hydrogen-bond acceptors (Lipinski definition) is 6. The summed E-state index contributed by atoms with van der Waals surface area (Å²) in [6.07, 6.45) is 3.92. The van der Waals surface area contributed by atoms with E-state index in [-0.39, 0.29) is 23.8 Å². The number of methoxy groups -OCH3 is 1. The molecule has 2 amide bonds. The molecule has 2 aliphatic heterocycles. The lowest BCUT2D eigenvalue weighted by Crippen LogP contribution is -2.48. The van der Waals surface area contributed by atoms with Gasteiger partial charge in [-0.1, -0.05) is 24.3 Å². The van der Waals surface area contributed by atoms with Crippen molar-refractivity contribution in [1.29, 1.82) is 0 Å². The maximum absolute atomic E-state index is 13.3. The number of hydrogen-bond donors (Lipinski definition) is 1. The Morgan fingerprint density at radius 1 is 1.02 bits per heavy atom. The molecule has 2 fully saturated rings. The van der Waals surface area contributed by atoms with E-state index >= 15 is 0 Å². The average Bonchev–Trinajstić information content (AvgIpc) is 3.36. The normalized spacial score (nSPS) is 18.6. The number of nitrogens with zero attached hydrogens (tertiary/aromatic N) is 5. The third-order valence-electron chi connectivity index (χ3n) is 8.51. The second-order valence-electron chi connectivity index (χ2n) is 11.5. The summed E-state index contributed by atoms with van der Waals surface area (Å²) >= 11 is 0. The standard InChI is InChI=1S/C32H44N6O3/c1-24(39)35-16-18-36(19-17-35)28-12-10-25(11-13-28)21-27(33)22-31(40)37-14-5-7-26(23-37)32-34-29-8-3-4-9-30(29)38(32)15-6-20-41-2/h3-4,8-13,26-27H,5-7,14-23,33H2,1-2H3. The van der Waals surface area contributed by atoms with Crippen LogP contribution in [0.4, 0.5) is 5.69 Å². The first-order valence-electron chi connectivity index (χ1n) is 15.0. The highest BCUT2D eigenvalue weighted by molar-refractivity contribution is 5.78. The van der Waals surface area contributed by atoms with Crippen LogP contribution in [0.3, 0.4) is 0 Å². The summed E-state index contributed by atoms with van der Waals surface area (Å²) < 4.78 is 7.62. The van der Waals surface area contributed by atoms with E-state index in [1.165, 1.54) is 0 Å². The molecule has 9 heteroatoms. The number of aryl methyl sites for hydroxylation is 1. The van der Waals surface area contributed by atoms with Crippen molar-refractivity contribution < 1.29 is 14.3 Å². The van der Waals surface area contributed by atoms with Crippen molar-refractivity contribution in [2.45, 2.75) is 57.5 Å². The van der Waals surface area contributed by atoms with Crippen LogP contribution in [0.2, 0.25) is 0 Å². The first-order chi connectivity index (χ1) is 19.9. The summed E-state index contributed by atoms with van der Waals surface area (Å²) in [5.41, 5.74) is 11.0. The lowest BCUT2D eigenvalue weighted by atomic mass is 9.96. The van der Waals surface area contributed by atoms with E-state index in [1.807, 2.05) is 15.9 Å². The first-order valence-corrected chi connectivity index (χ1v) is 15.0. The van der Waals surface area contributed by atoms with Crippen LogP contribution in [0.5, 0.6) is 0 Å². The summed E-state index contributed by atoms with van der Waals surface area (Å²) in [7, 11) is 1.73. The molecule has 9 nitrogen and oxygen atoms in total. The van der Waals surface area contributed by atoms with Gasteiger partial charge >= 0.3 is 0 Å². The van der Waals surface area contributed by atoms with Crippen LogP contribution in [-0.4, -0.2) is 90.2 Å². The zero-order valence-corrected chi connectivity index (χ0v) is 24.5. The molecular formula is C32H44N6O3. The van der Waals surface area contributed by atoms with Gasteiger partial charge in [-0.2, -0.15) is 0 Å². The Labute approximate surface area is 243 Å². The number of imidazole rings is 1. The molecule has 5 rings (SSSR count). The van der Waals surface area contributed by atoms with Crippen molar-refractivity contribution in [3.63, 3.8) is 0 Å². The fraction of sp³-hybridized carbons (Fsp3) is 0.531. The highest BCUT2D eigenvalue weighted by Crippen LogP contribution is 2.30. The van der Waals surface area contributed by atoms with Crippen LogP contribution >= 0.6 is 0 Å². The van der Waals surface area contributed by atoms with Crippen LogP contribution in [0.15, 0.2) is 48.5 Å². The van der Waals surface area contributed by atoms with E-state index < -0.39 is 0 Å². The Morgan fingerprint density at radius 2 is 1.78 bits per heavy atom. The van der Waals surface area contributed by atoms with E-state index in [2.05, 4.69) is 51.9 Å². The Bertz CT molecular complexity index is 1310. The van der Waals surface area contributed by atoms with Crippen molar-refractivity contribution in [2.24, 2.45) is 5.73 Å². The van der Waals surface area contributed by atoms with Gasteiger partial charge in [0.2, 0.25) is 11.8 Å². The minimum absolute atomic E-state index is 0.129. The van der Waals surface area contributed by atoms with Gasteiger partial charge in [0.15, 0.2) is 0 Å². The van der Waals surface area contributed by atoms with Crippen LogP contribution in [0.25, 0.3) is 11.0 Å². The van der Waals surface area contributed by atoms with Gasteiger partial charge in [-0.05, 0) is 55.5 Å². The van der Waals surface area contributed by atoms with E-state index in [9.17, 15) is 9.59 Å². The van der Waals surface area contributed by atoms with Crippen molar-refractivity contribution in [3.8, 4) is 0 Å². The van der Waals surface area contributed by atoms with Crippen LogP contribution < -0.4 is 10.6 Å². The molecule has 2 atom stereocenters. The molecule has 0 saturated carbocycles. The second kappa shape index (κ2) is 13.5. The van der Waals surface area contributed by atoms with Crippen molar-refractivity contribution in [1.82, 2.24) is 19.4 Å². The molecule has 2 saturated heterocycles. The number of para-hydroxylation sites is 2. The van der Waals surface area contributed by atoms with Gasteiger partial charge in [-0.3, -0.25) is 9.59 Å². The maximum atomic E-state index is 13.3. The number of aromatic nitrogens is 2. The van der Waals surface area contributed by atoms with E-state index in [0.29, 0.717) is 26.0 Å². The van der Waals surface area contributed by atoms with Crippen LogP contribution in [0.1, 0.15) is 49.9 Å². The predicted molar refractivity (Wildman–Crippen MR) is 162 cm³/mol. The summed E-state index contributed by atoms with van der Waals surface area (Å²) in [6, 6.07) is 16.5. The van der Waals surface area contributed by atoms with Gasteiger partial charge in [0.1, 0.15) is 5.82 Å². The number of anilines is 1. The molecule has 220 valence electrons. The van der Waals surface area contributed by atoms with Gasteiger partial charge in [0.05, 0.1) is 11.0 Å². The SMILES string of the molecule is COCCCn1c(C2CCCN(C(=O)CC(N)Cc3ccc(N4CCN(C(C)=O)CC4)cc3)C2)nc2ccccc21. The Balaban J connectivity index is 1.16. The molecule has 1 aromatic heterocycles. The number of fused-ring (bicyclic) bond motifs is 1. The predicted octanol–water partition coefficient (Wildman–Crippen LogP) is 3.41. The molecule has 0 aliphatic carbocycles. The summed E-state index contributed by atoms with van der Waals surface area (Å²) in [4.78, 5) is 36.2. The lowest BCUT2D eigenvalue weighted by molar-refractivity contribution is -0.133. The van der Waals surface area contributed by atoms with Gasteiger partial charge in [0.25, 0.3) is 0 Å². The second-order valence-corrected chi connectivity index (χ2v) is 11.5. The maximum Gasteiger partial charge on any atom is 0.224 e. The number of ether oxygens (including phenoxy) is 1. The molecule has 2 aromatic carbocycles. The molecule has 2 aliphatic rings. The quantitative estimate of drug-likeness (QED) is 0.382. The fourth-order valence-corrected chi connectivity index (χ4v) is 6.27. The van der Waals surface area contributed by atoms with Crippen molar-refractivity contribution >= 4 is 28.5 Å². The van der Waals surface area contributed by atoms with Gasteiger partial charge in [0, 0.05) is 90.5 Å². The van der Waals surface area contributed by atoms with Gasteiger partial charge < -0.3 is 29.7 Å². The zero-order chi connectivity index (χ0) is 28.8. The molecule has 2 N–H and O–H groups in total. The summed E-state index contributed by atoms with van der Waals surface area (Å²) in [5.74, 6) is 1.56. The number of carbonyl (C=O) groups is 2. The van der Waals surface area contributed by atoms with Crippen LogP contribution in [0, 0.1) is 0 Å². The highest BCUT2D eigenvalue weighted by atomic mass is 16.5. The number of nitrogens with two attached hydrogens (primary N) is 1. The number of benzene rings is 2. The third-order valence-corrected chi connectivity index (χ3v) is 8.51. The fourth-order valence-electron chi connectivity index (χ4n) is 6.27. The molecule has 0 spiro atoms. The van der Waals surface area contributed by atoms with Gasteiger partial charge in [-0.15, -0.1) is 0 Å². The van der Waals surface area contributed by atoms with E-state index in [1.54, 1.807) is 14.0 Å². The van der Waals surface area contributed by atoms with E-state index in [0.717, 1.165) is 86.6 Å². The number of likely N-dealkylation sites (tertiary alicyclic amines) is 1. The number of piperazine rings is 1. The smallest absolute Gasteiger partial charge is 0.224 e. The summed E-state index contributed by atoms with van der Waals surface area (Å²) in [6.45, 7) is 7.85. The molecule has 0 bridgehead atoms. The third kappa shape index (κ3) is 7.08. The molecule has 3 heterocycles. The summed E-state index contributed by atoms with van der Waals surface area (Å²) in [5, 5.41) is 0. The average molecular weight is 561 g/mol. The first kappa shape index (κ1) is 29.1. The largest absolute Gasteiger partial charge is 0.385 e. The number of piperidine rings is 1. The van der Waals surface area contributed by atoms with Gasteiger partial charge in [-0.25, -0.2) is 4.98 Å². The Morgan fingerprint density at radius 3 is 2.51 bits per heavy atom. The molecule has 2 unspecified atom stereocenters. The van der Waals surface area contributed by atoms with Crippen molar-refractivity contribution in [2.75, 3.05) is 57.9 Å². The lowest BCUT2D eigenvalue weighted by Gasteiger charge is -2.35. The Hall–Kier alpha value is -3.43.